The Bertz CT molecular complexity index is 1080. The Kier molecular flexibility index (Phi) is 5.13. The molecule has 0 radical (unpaired) electrons. The fraction of sp³-hybridized carbons (Fsp3) is 0.333. The Labute approximate surface area is 149 Å². The van der Waals surface area contributed by atoms with E-state index < -0.39 is 5.97 Å². The summed E-state index contributed by atoms with van der Waals surface area (Å²) in [5.41, 5.74) is 0.576. The molecule has 0 unspecified atom stereocenters. The number of ether oxygens (including phenoxy) is 2. The van der Waals surface area contributed by atoms with Crippen molar-refractivity contribution in [1.82, 2.24) is 14.0 Å². The van der Waals surface area contributed by atoms with Crippen molar-refractivity contribution >= 4 is 22.6 Å². The number of aromatic nitrogens is 3. The molecule has 3 aromatic rings. The SMILES string of the molecule is CCOC(=O)c1cc2c(=O)n3ccccc3nc2n(CCCOC)c1=N. The van der Waals surface area contributed by atoms with Gasteiger partial charge in [-0.3, -0.25) is 14.6 Å². The van der Waals surface area contributed by atoms with Gasteiger partial charge in [-0.15, -0.1) is 0 Å². The molecular formula is C18H20N4O4. The highest BCUT2D eigenvalue weighted by molar-refractivity contribution is 5.93. The first-order valence-electron chi connectivity index (χ1n) is 8.34. The molecule has 3 aromatic heterocycles. The maximum absolute atomic E-state index is 12.9. The first-order valence-corrected chi connectivity index (χ1v) is 8.34. The summed E-state index contributed by atoms with van der Waals surface area (Å²) in [4.78, 5) is 29.7. The van der Waals surface area contributed by atoms with Gasteiger partial charge < -0.3 is 14.0 Å². The smallest absolute Gasteiger partial charge is 0.341 e. The minimum Gasteiger partial charge on any atom is -0.462 e. The van der Waals surface area contributed by atoms with Gasteiger partial charge in [0, 0.05) is 26.5 Å². The van der Waals surface area contributed by atoms with Crippen molar-refractivity contribution in [1.29, 1.82) is 5.41 Å². The molecule has 8 heteroatoms. The molecule has 3 rings (SSSR count). The number of rotatable bonds is 6. The zero-order chi connectivity index (χ0) is 18.7. The first kappa shape index (κ1) is 17.8. The molecule has 0 saturated heterocycles. The number of hydrogen-bond donors (Lipinski definition) is 1. The average Bonchev–Trinajstić information content (AvgIpc) is 2.64. The third kappa shape index (κ3) is 3.11. The molecule has 0 spiro atoms. The van der Waals surface area contributed by atoms with Crippen LogP contribution in [0.5, 0.6) is 0 Å². The van der Waals surface area contributed by atoms with Crippen LogP contribution >= 0.6 is 0 Å². The first-order chi connectivity index (χ1) is 12.6. The number of fused-ring (bicyclic) bond motifs is 2. The molecule has 8 nitrogen and oxygen atoms in total. The van der Waals surface area contributed by atoms with Crippen LogP contribution in [-0.4, -0.2) is 40.2 Å². The number of aryl methyl sites for hydroxylation is 1. The van der Waals surface area contributed by atoms with Crippen LogP contribution in [0.15, 0.2) is 35.3 Å². The van der Waals surface area contributed by atoms with Gasteiger partial charge in [-0.1, -0.05) is 6.07 Å². The Morgan fingerprint density at radius 3 is 2.88 bits per heavy atom. The summed E-state index contributed by atoms with van der Waals surface area (Å²) in [6.07, 6.45) is 2.24. The Morgan fingerprint density at radius 2 is 2.15 bits per heavy atom. The fourth-order valence-electron chi connectivity index (χ4n) is 2.84. The van der Waals surface area contributed by atoms with Gasteiger partial charge in [0.15, 0.2) is 0 Å². The highest BCUT2D eigenvalue weighted by atomic mass is 16.5. The molecule has 3 heterocycles. The van der Waals surface area contributed by atoms with E-state index in [-0.39, 0.29) is 28.6 Å². The van der Waals surface area contributed by atoms with Gasteiger partial charge in [0.25, 0.3) is 5.56 Å². The molecule has 0 saturated carbocycles. The molecule has 0 amide bonds. The quantitative estimate of drug-likeness (QED) is 0.408. The van der Waals surface area contributed by atoms with E-state index in [0.29, 0.717) is 30.9 Å². The molecule has 0 bridgehead atoms. The minimum absolute atomic E-state index is 0.0285. The van der Waals surface area contributed by atoms with E-state index in [0.717, 1.165) is 0 Å². The summed E-state index contributed by atoms with van der Waals surface area (Å²) >= 11 is 0. The van der Waals surface area contributed by atoms with Crippen LogP contribution in [0.25, 0.3) is 16.7 Å². The predicted molar refractivity (Wildman–Crippen MR) is 95.3 cm³/mol. The van der Waals surface area contributed by atoms with Gasteiger partial charge in [0.05, 0.1) is 12.0 Å². The van der Waals surface area contributed by atoms with Crippen molar-refractivity contribution in [3.05, 3.63) is 51.9 Å². The van der Waals surface area contributed by atoms with Crippen molar-refractivity contribution in [3.63, 3.8) is 0 Å². The van der Waals surface area contributed by atoms with Gasteiger partial charge in [-0.05, 0) is 31.5 Å². The second-order valence-corrected chi connectivity index (χ2v) is 5.71. The van der Waals surface area contributed by atoms with Crippen molar-refractivity contribution in [3.8, 4) is 0 Å². The lowest BCUT2D eigenvalue weighted by Gasteiger charge is -2.14. The zero-order valence-corrected chi connectivity index (χ0v) is 14.7. The van der Waals surface area contributed by atoms with Crippen LogP contribution in [0, 0.1) is 5.41 Å². The van der Waals surface area contributed by atoms with Gasteiger partial charge >= 0.3 is 5.97 Å². The summed E-state index contributed by atoms with van der Waals surface area (Å²) in [5, 5.41) is 8.69. The van der Waals surface area contributed by atoms with Crippen LogP contribution in [0.2, 0.25) is 0 Å². The summed E-state index contributed by atoms with van der Waals surface area (Å²) in [6, 6.07) is 6.65. The van der Waals surface area contributed by atoms with Gasteiger partial charge in [0.2, 0.25) is 0 Å². The van der Waals surface area contributed by atoms with Gasteiger partial charge in [-0.2, -0.15) is 0 Å². The Balaban J connectivity index is 2.34. The number of esters is 1. The number of nitrogens with one attached hydrogen (secondary N) is 1. The predicted octanol–water partition coefficient (Wildman–Crippen LogP) is 1.34. The summed E-state index contributed by atoms with van der Waals surface area (Å²) in [7, 11) is 1.59. The number of carbonyl (C=O) groups excluding carboxylic acids is 1. The molecule has 0 aliphatic carbocycles. The third-order valence-electron chi connectivity index (χ3n) is 4.04. The number of nitrogens with zero attached hydrogens (tertiary/aromatic N) is 3. The van der Waals surface area contributed by atoms with Crippen molar-refractivity contribution in [2.24, 2.45) is 0 Å². The molecule has 0 fully saturated rings. The topological polar surface area (TPSA) is 98.7 Å². The molecule has 26 heavy (non-hydrogen) atoms. The zero-order valence-electron chi connectivity index (χ0n) is 14.7. The normalized spacial score (nSPS) is 11.2. The summed E-state index contributed by atoms with van der Waals surface area (Å²) in [5.74, 6) is -0.627. The maximum Gasteiger partial charge on any atom is 0.341 e. The maximum atomic E-state index is 12.9. The number of methoxy groups -OCH3 is 1. The highest BCUT2D eigenvalue weighted by Gasteiger charge is 2.18. The van der Waals surface area contributed by atoms with Crippen LogP contribution < -0.4 is 11.0 Å². The Morgan fingerprint density at radius 1 is 1.35 bits per heavy atom. The third-order valence-corrected chi connectivity index (χ3v) is 4.04. The standard InChI is InChI=1S/C18H20N4O4/c1-3-26-18(24)12-11-13-16(22(15(12)19)9-6-10-25-2)20-14-7-4-5-8-21(14)17(13)23/h4-5,7-8,11,19H,3,6,9-10H2,1-2H3. The lowest BCUT2D eigenvalue weighted by Crippen LogP contribution is -2.31. The van der Waals surface area contributed by atoms with Gasteiger partial charge in [-0.25, -0.2) is 9.78 Å². The second kappa shape index (κ2) is 7.49. The van der Waals surface area contributed by atoms with E-state index >= 15 is 0 Å². The monoisotopic (exact) mass is 356 g/mol. The molecular weight excluding hydrogens is 336 g/mol. The van der Waals surface area contributed by atoms with E-state index in [1.54, 1.807) is 43.0 Å². The minimum atomic E-state index is -0.627. The summed E-state index contributed by atoms with van der Waals surface area (Å²) < 4.78 is 13.1. The number of pyridine rings is 2. The molecule has 1 N–H and O–H groups in total. The Hall–Kier alpha value is -3.00. The van der Waals surface area contributed by atoms with E-state index in [4.69, 9.17) is 14.9 Å². The largest absolute Gasteiger partial charge is 0.462 e. The van der Waals surface area contributed by atoms with E-state index in [2.05, 4.69) is 4.98 Å². The number of hydrogen-bond acceptors (Lipinski definition) is 6. The molecule has 0 aromatic carbocycles. The lowest BCUT2D eigenvalue weighted by molar-refractivity contribution is 0.0523. The van der Waals surface area contributed by atoms with Crippen molar-refractivity contribution in [2.75, 3.05) is 20.3 Å². The van der Waals surface area contributed by atoms with Crippen molar-refractivity contribution < 1.29 is 14.3 Å². The number of carbonyl (C=O) groups is 1. The molecule has 0 aliphatic rings. The van der Waals surface area contributed by atoms with E-state index in [1.807, 2.05) is 0 Å². The molecule has 136 valence electrons. The van der Waals surface area contributed by atoms with Crippen LogP contribution in [0.4, 0.5) is 0 Å². The van der Waals surface area contributed by atoms with Crippen LogP contribution in [0.1, 0.15) is 23.7 Å². The lowest BCUT2D eigenvalue weighted by atomic mass is 10.2. The van der Waals surface area contributed by atoms with Crippen LogP contribution in [-0.2, 0) is 16.0 Å². The van der Waals surface area contributed by atoms with E-state index in [9.17, 15) is 9.59 Å². The highest BCUT2D eigenvalue weighted by Crippen LogP contribution is 2.11. The van der Waals surface area contributed by atoms with E-state index in [1.165, 1.54) is 10.5 Å². The molecule has 0 atom stereocenters. The van der Waals surface area contributed by atoms with Crippen molar-refractivity contribution in [2.45, 2.75) is 19.9 Å². The fourth-order valence-corrected chi connectivity index (χ4v) is 2.84. The summed E-state index contributed by atoms with van der Waals surface area (Å²) in [6.45, 7) is 2.77. The van der Waals surface area contributed by atoms with Crippen LogP contribution in [0.3, 0.4) is 0 Å². The second-order valence-electron chi connectivity index (χ2n) is 5.71. The van der Waals surface area contributed by atoms with Gasteiger partial charge in [0.1, 0.15) is 22.3 Å². The average molecular weight is 356 g/mol. The molecule has 0 aliphatic heterocycles.